The molecule has 1 aliphatic heterocycles. The average Bonchev–Trinajstić information content (AvgIpc) is 2.55. The Morgan fingerprint density at radius 1 is 1.27 bits per heavy atom. The van der Waals surface area contributed by atoms with Crippen molar-refractivity contribution < 1.29 is 19.1 Å². The van der Waals surface area contributed by atoms with Crippen molar-refractivity contribution in [2.24, 2.45) is 5.92 Å². The highest BCUT2D eigenvalue weighted by Crippen LogP contribution is 2.25. The summed E-state index contributed by atoms with van der Waals surface area (Å²) >= 11 is 6.03. The molecule has 0 bridgehead atoms. The molecule has 1 amide bonds. The third kappa shape index (κ3) is 3.91. The summed E-state index contributed by atoms with van der Waals surface area (Å²) in [6.45, 7) is 2.78. The third-order valence-corrected chi connectivity index (χ3v) is 4.14. The van der Waals surface area contributed by atoms with E-state index in [-0.39, 0.29) is 17.8 Å². The molecular weight excluding hydrogens is 306 g/mol. The minimum atomic E-state index is -0.616. The van der Waals surface area contributed by atoms with Crippen LogP contribution in [0.4, 0.5) is 0 Å². The molecule has 1 fully saturated rings. The van der Waals surface area contributed by atoms with Gasteiger partial charge in [-0.3, -0.25) is 9.59 Å². The van der Waals surface area contributed by atoms with Crippen LogP contribution in [0.15, 0.2) is 24.3 Å². The number of rotatable bonds is 4. The van der Waals surface area contributed by atoms with E-state index in [0.29, 0.717) is 36.7 Å². The third-order valence-electron chi connectivity index (χ3n) is 3.83. The van der Waals surface area contributed by atoms with Gasteiger partial charge >= 0.3 is 5.97 Å². The highest BCUT2D eigenvalue weighted by Gasteiger charge is 2.30. The molecule has 0 spiro atoms. The molecule has 0 N–H and O–H groups in total. The molecule has 2 rings (SSSR count). The van der Waals surface area contributed by atoms with Gasteiger partial charge in [-0.15, -0.1) is 0 Å². The molecule has 5 nitrogen and oxygen atoms in total. The fourth-order valence-corrected chi connectivity index (χ4v) is 2.72. The summed E-state index contributed by atoms with van der Waals surface area (Å²) in [4.78, 5) is 25.6. The Labute approximate surface area is 135 Å². The molecule has 120 valence electrons. The summed E-state index contributed by atoms with van der Waals surface area (Å²) < 4.78 is 10.4. The number of piperidine rings is 1. The molecule has 0 aliphatic carbocycles. The molecule has 1 aliphatic rings. The van der Waals surface area contributed by atoms with Gasteiger partial charge in [-0.1, -0.05) is 23.7 Å². The largest absolute Gasteiger partial charge is 0.479 e. The lowest BCUT2D eigenvalue weighted by Crippen LogP contribution is -2.45. The highest BCUT2D eigenvalue weighted by molar-refractivity contribution is 6.32. The van der Waals surface area contributed by atoms with Gasteiger partial charge in [-0.2, -0.15) is 0 Å². The molecule has 1 atom stereocenters. The Morgan fingerprint density at radius 2 is 1.91 bits per heavy atom. The number of halogens is 1. The number of ether oxygens (including phenoxy) is 2. The van der Waals surface area contributed by atoms with Crippen molar-refractivity contribution in [1.29, 1.82) is 0 Å². The standard InChI is InChI=1S/C16H20ClNO4/c1-11(22-14-6-4-3-5-13(14)17)15(19)18-9-7-12(8-10-18)16(20)21-2/h3-6,11-12H,7-10H2,1-2H3. The Kier molecular flexibility index (Phi) is 5.66. The number of para-hydroxylation sites is 1. The van der Waals surface area contributed by atoms with Gasteiger partial charge in [0.25, 0.3) is 5.91 Å². The number of amides is 1. The van der Waals surface area contributed by atoms with Crippen LogP contribution in [0.25, 0.3) is 0 Å². The van der Waals surface area contributed by atoms with E-state index in [9.17, 15) is 9.59 Å². The Hall–Kier alpha value is -1.75. The summed E-state index contributed by atoms with van der Waals surface area (Å²) in [6, 6.07) is 7.06. The second-order valence-corrected chi connectivity index (χ2v) is 5.72. The zero-order valence-corrected chi connectivity index (χ0v) is 13.5. The molecule has 1 heterocycles. The zero-order chi connectivity index (χ0) is 16.1. The number of benzene rings is 1. The van der Waals surface area contributed by atoms with Gasteiger partial charge in [0.05, 0.1) is 18.1 Å². The van der Waals surface area contributed by atoms with Crippen LogP contribution in [0.2, 0.25) is 5.02 Å². The Morgan fingerprint density at radius 3 is 2.50 bits per heavy atom. The predicted molar refractivity (Wildman–Crippen MR) is 82.9 cm³/mol. The summed E-state index contributed by atoms with van der Waals surface area (Å²) in [5, 5.41) is 0.478. The molecule has 0 saturated carbocycles. The lowest BCUT2D eigenvalue weighted by atomic mass is 9.97. The number of carbonyl (C=O) groups excluding carboxylic acids is 2. The number of hydrogen-bond donors (Lipinski definition) is 0. The van der Waals surface area contributed by atoms with Crippen molar-refractivity contribution in [3.05, 3.63) is 29.3 Å². The quantitative estimate of drug-likeness (QED) is 0.798. The van der Waals surface area contributed by atoms with Crippen molar-refractivity contribution in [3.8, 4) is 5.75 Å². The van der Waals surface area contributed by atoms with E-state index in [0.717, 1.165) is 0 Å². The molecule has 1 saturated heterocycles. The molecule has 1 aromatic rings. The van der Waals surface area contributed by atoms with Crippen LogP contribution in [-0.4, -0.2) is 43.1 Å². The first kappa shape index (κ1) is 16.6. The van der Waals surface area contributed by atoms with Crippen LogP contribution in [-0.2, 0) is 14.3 Å². The van der Waals surface area contributed by atoms with Crippen molar-refractivity contribution in [3.63, 3.8) is 0 Å². The first-order chi connectivity index (χ1) is 10.5. The fourth-order valence-electron chi connectivity index (χ4n) is 2.54. The Balaban J connectivity index is 1.89. The number of carbonyl (C=O) groups is 2. The first-order valence-electron chi connectivity index (χ1n) is 7.30. The molecule has 22 heavy (non-hydrogen) atoms. The maximum absolute atomic E-state index is 12.4. The lowest BCUT2D eigenvalue weighted by Gasteiger charge is -2.32. The molecule has 0 radical (unpaired) electrons. The monoisotopic (exact) mass is 325 g/mol. The molecular formula is C16H20ClNO4. The molecule has 0 aromatic heterocycles. The van der Waals surface area contributed by atoms with E-state index in [4.69, 9.17) is 21.1 Å². The van der Waals surface area contributed by atoms with Gasteiger partial charge in [0.1, 0.15) is 5.75 Å². The second-order valence-electron chi connectivity index (χ2n) is 5.31. The maximum Gasteiger partial charge on any atom is 0.308 e. The van der Waals surface area contributed by atoms with E-state index in [1.165, 1.54) is 7.11 Å². The number of hydrogen-bond acceptors (Lipinski definition) is 4. The molecule has 1 aromatic carbocycles. The van der Waals surface area contributed by atoms with Gasteiger partial charge < -0.3 is 14.4 Å². The summed E-state index contributed by atoms with van der Waals surface area (Å²) in [5.74, 6) is 0.0824. The number of esters is 1. The van der Waals surface area contributed by atoms with Crippen LogP contribution in [0, 0.1) is 5.92 Å². The highest BCUT2D eigenvalue weighted by atomic mass is 35.5. The zero-order valence-electron chi connectivity index (χ0n) is 12.8. The van der Waals surface area contributed by atoms with Gasteiger partial charge in [-0.05, 0) is 31.9 Å². The Bertz CT molecular complexity index is 541. The van der Waals surface area contributed by atoms with Crippen molar-refractivity contribution in [2.45, 2.75) is 25.9 Å². The smallest absolute Gasteiger partial charge is 0.308 e. The maximum atomic E-state index is 12.4. The second kappa shape index (κ2) is 7.49. The van der Waals surface area contributed by atoms with Crippen LogP contribution >= 0.6 is 11.6 Å². The van der Waals surface area contributed by atoms with Crippen molar-refractivity contribution in [2.75, 3.05) is 20.2 Å². The molecule has 1 unspecified atom stereocenters. The SMILES string of the molecule is COC(=O)C1CCN(C(=O)C(C)Oc2ccccc2Cl)CC1. The minimum absolute atomic E-state index is 0.0942. The average molecular weight is 326 g/mol. The summed E-state index contributed by atoms with van der Waals surface area (Å²) in [7, 11) is 1.39. The van der Waals surface area contributed by atoms with Gasteiger partial charge in [-0.25, -0.2) is 0 Å². The van der Waals surface area contributed by atoms with E-state index < -0.39 is 6.10 Å². The predicted octanol–water partition coefficient (Wildman–Crippen LogP) is 2.52. The van der Waals surface area contributed by atoms with E-state index in [1.807, 2.05) is 0 Å². The van der Waals surface area contributed by atoms with E-state index >= 15 is 0 Å². The van der Waals surface area contributed by atoms with Crippen LogP contribution in [0.5, 0.6) is 5.75 Å². The summed E-state index contributed by atoms with van der Waals surface area (Å²) in [6.07, 6.45) is 0.628. The van der Waals surface area contributed by atoms with E-state index in [1.54, 1.807) is 36.1 Å². The lowest BCUT2D eigenvalue weighted by molar-refractivity contribution is -0.150. The van der Waals surface area contributed by atoms with E-state index in [2.05, 4.69) is 0 Å². The number of likely N-dealkylation sites (tertiary alicyclic amines) is 1. The minimum Gasteiger partial charge on any atom is -0.479 e. The normalized spacial score (nSPS) is 17.0. The van der Waals surface area contributed by atoms with Crippen LogP contribution in [0.1, 0.15) is 19.8 Å². The van der Waals surface area contributed by atoms with Crippen LogP contribution in [0.3, 0.4) is 0 Å². The van der Waals surface area contributed by atoms with Crippen molar-refractivity contribution >= 4 is 23.5 Å². The van der Waals surface area contributed by atoms with Gasteiger partial charge in [0.15, 0.2) is 6.10 Å². The molecule has 6 heteroatoms. The van der Waals surface area contributed by atoms with Crippen LogP contribution < -0.4 is 4.74 Å². The fraction of sp³-hybridized carbons (Fsp3) is 0.500. The first-order valence-corrected chi connectivity index (χ1v) is 7.68. The van der Waals surface area contributed by atoms with Crippen molar-refractivity contribution in [1.82, 2.24) is 4.90 Å². The van der Waals surface area contributed by atoms with Gasteiger partial charge in [0, 0.05) is 13.1 Å². The number of nitrogens with zero attached hydrogens (tertiary/aromatic N) is 1. The topological polar surface area (TPSA) is 55.8 Å². The number of methoxy groups -OCH3 is 1. The van der Waals surface area contributed by atoms with Gasteiger partial charge in [0.2, 0.25) is 0 Å². The summed E-state index contributed by atoms with van der Waals surface area (Å²) in [5.41, 5.74) is 0.